The Labute approximate surface area is 98.8 Å². The van der Waals surface area contributed by atoms with Crippen molar-refractivity contribution in [2.75, 3.05) is 0 Å². The molecule has 0 aromatic heterocycles. The smallest absolute Gasteiger partial charge is 0.0747 e. The molecular formula is C15H22O. The molecule has 0 spiro atoms. The Hall–Kier alpha value is -1.08. The van der Waals surface area contributed by atoms with Crippen molar-refractivity contribution < 1.29 is 5.11 Å². The minimum atomic E-state index is -0.738. The highest BCUT2D eigenvalue weighted by Gasteiger charge is 2.35. The molecule has 1 heteroatoms. The Kier molecular flexibility index (Phi) is 4.31. The second-order valence-corrected chi connectivity index (χ2v) is 4.66. The Bertz CT molecular complexity index is 327. The fourth-order valence-corrected chi connectivity index (χ4v) is 2.09. The summed E-state index contributed by atoms with van der Waals surface area (Å²) in [6, 6.07) is 10.1. The van der Waals surface area contributed by atoms with Crippen LogP contribution in [0.5, 0.6) is 0 Å². The predicted octanol–water partition coefficient (Wildman–Crippen LogP) is 3.75. The van der Waals surface area contributed by atoms with E-state index in [1.807, 2.05) is 43.3 Å². The molecule has 1 aromatic carbocycles. The summed E-state index contributed by atoms with van der Waals surface area (Å²) in [5.41, 5.74) is 0.389. The molecule has 1 N–H and O–H groups in total. The first-order valence-corrected chi connectivity index (χ1v) is 5.93. The van der Waals surface area contributed by atoms with E-state index >= 15 is 0 Å². The van der Waals surface area contributed by atoms with Crippen molar-refractivity contribution in [3.8, 4) is 0 Å². The average molecular weight is 218 g/mol. The van der Waals surface area contributed by atoms with Gasteiger partial charge in [0.25, 0.3) is 0 Å². The van der Waals surface area contributed by atoms with Crippen molar-refractivity contribution in [2.45, 2.75) is 38.7 Å². The second kappa shape index (κ2) is 5.31. The third kappa shape index (κ3) is 2.53. The molecule has 0 heterocycles. The lowest BCUT2D eigenvalue weighted by Gasteiger charge is -2.36. The summed E-state index contributed by atoms with van der Waals surface area (Å²) < 4.78 is 0. The summed E-state index contributed by atoms with van der Waals surface area (Å²) >= 11 is 0. The first-order valence-electron chi connectivity index (χ1n) is 5.93. The molecule has 0 aliphatic heterocycles. The summed E-state index contributed by atoms with van der Waals surface area (Å²) in [7, 11) is 0. The third-order valence-electron chi connectivity index (χ3n) is 3.63. The van der Waals surface area contributed by atoms with Gasteiger partial charge in [-0.05, 0) is 18.4 Å². The summed E-state index contributed by atoms with van der Waals surface area (Å²) in [5.74, 6) is 0.236. The SMILES string of the molecule is C=CC(c1ccccc1)C(C)(O)C(C)CC. The van der Waals surface area contributed by atoms with Crippen molar-refractivity contribution >= 4 is 0 Å². The van der Waals surface area contributed by atoms with E-state index in [1.165, 1.54) is 0 Å². The number of rotatable bonds is 5. The first kappa shape index (κ1) is 13.0. The van der Waals surface area contributed by atoms with E-state index in [1.54, 1.807) is 0 Å². The van der Waals surface area contributed by atoms with Crippen molar-refractivity contribution in [1.82, 2.24) is 0 Å². The second-order valence-electron chi connectivity index (χ2n) is 4.66. The molecular weight excluding hydrogens is 196 g/mol. The van der Waals surface area contributed by atoms with Gasteiger partial charge in [0, 0.05) is 5.92 Å². The van der Waals surface area contributed by atoms with Gasteiger partial charge in [-0.1, -0.05) is 56.7 Å². The van der Waals surface area contributed by atoms with Crippen LogP contribution in [0.3, 0.4) is 0 Å². The van der Waals surface area contributed by atoms with Gasteiger partial charge < -0.3 is 5.11 Å². The van der Waals surface area contributed by atoms with Crippen LogP contribution in [0.25, 0.3) is 0 Å². The van der Waals surface area contributed by atoms with Crippen molar-refractivity contribution in [2.24, 2.45) is 5.92 Å². The molecule has 0 aliphatic carbocycles. The number of hydrogen-bond acceptors (Lipinski definition) is 1. The average Bonchev–Trinajstić information content (AvgIpc) is 2.30. The highest BCUT2D eigenvalue weighted by molar-refractivity contribution is 5.27. The molecule has 0 bridgehead atoms. The van der Waals surface area contributed by atoms with Crippen LogP contribution in [0.1, 0.15) is 38.7 Å². The van der Waals surface area contributed by atoms with E-state index < -0.39 is 5.60 Å². The third-order valence-corrected chi connectivity index (χ3v) is 3.63. The van der Waals surface area contributed by atoms with Crippen molar-refractivity contribution in [3.63, 3.8) is 0 Å². The zero-order chi connectivity index (χ0) is 12.2. The largest absolute Gasteiger partial charge is 0.389 e. The lowest BCUT2D eigenvalue weighted by Crippen LogP contribution is -2.38. The molecule has 1 nitrogen and oxygen atoms in total. The van der Waals surface area contributed by atoms with Crippen LogP contribution in [0.2, 0.25) is 0 Å². The zero-order valence-electron chi connectivity index (χ0n) is 10.5. The van der Waals surface area contributed by atoms with Crippen LogP contribution in [0.15, 0.2) is 43.0 Å². The Balaban J connectivity index is 3.03. The van der Waals surface area contributed by atoms with Crippen molar-refractivity contribution in [3.05, 3.63) is 48.6 Å². The molecule has 3 atom stereocenters. The maximum absolute atomic E-state index is 10.6. The first-order chi connectivity index (χ1) is 7.54. The van der Waals surface area contributed by atoms with Crippen LogP contribution in [-0.4, -0.2) is 10.7 Å². The Morgan fingerprint density at radius 2 is 1.94 bits per heavy atom. The maximum atomic E-state index is 10.6. The summed E-state index contributed by atoms with van der Waals surface area (Å²) in [4.78, 5) is 0. The van der Waals surface area contributed by atoms with E-state index in [0.717, 1.165) is 12.0 Å². The molecule has 0 amide bonds. The normalized spacial score (nSPS) is 18.5. The van der Waals surface area contributed by atoms with E-state index in [2.05, 4.69) is 20.4 Å². The number of hydrogen-bond donors (Lipinski definition) is 1. The highest BCUT2D eigenvalue weighted by atomic mass is 16.3. The van der Waals surface area contributed by atoms with Gasteiger partial charge in [-0.25, -0.2) is 0 Å². The van der Waals surface area contributed by atoms with Gasteiger partial charge in [-0.3, -0.25) is 0 Å². The predicted molar refractivity (Wildman–Crippen MR) is 69.5 cm³/mol. The van der Waals surface area contributed by atoms with Crippen LogP contribution in [0.4, 0.5) is 0 Å². The van der Waals surface area contributed by atoms with Gasteiger partial charge in [0.1, 0.15) is 0 Å². The van der Waals surface area contributed by atoms with Gasteiger partial charge in [0.2, 0.25) is 0 Å². The van der Waals surface area contributed by atoms with Gasteiger partial charge in [0.05, 0.1) is 5.60 Å². The van der Waals surface area contributed by atoms with Gasteiger partial charge in [-0.15, -0.1) is 6.58 Å². The molecule has 0 radical (unpaired) electrons. The maximum Gasteiger partial charge on any atom is 0.0747 e. The zero-order valence-corrected chi connectivity index (χ0v) is 10.5. The molecule has 0 aliphatic rings. The highest BCUT2D eigenvalue weighted by Crippen LogP contribution is 2.36. The molecule has 0 saturated carbocycles. The molecule has 1 rings (SSSR count). The molecule has 88 valence electrons. The van der Waals surface area contributed by atoms with Crippen LogP contribution >= 0.6 is 0 Å². The molecule has 3 unspecified atom stereocenters. The molecule has 1 aromatic rings. The van der Waals surface area contributed by atoms with E-state index in [0.29, 0.717) is 0 Å². The van der Waals surface area contributed by atoms with Gasteiger partial charge >= 0.3 is 0 Å². The Morgan fingerprint density at radius 1 is 1.38 bits per heavy atom. The number of benzene rings is 1. The summed E-state index contributed by atoms with van der Waals surface area (Å²) in [6.45, 7) is 9.95. The van der Waals surface area contributed by atoms with Crippen LogP contribution < -0.4 is 0 Å². The fraction of sp³-hybridized carbons (Fsp3) is 0.467. The monoisotopic (exact) mass is 218 g/mol. The van der Waals surface area contributed by atoms with Crippen molar-refractivity contribution in [1.29, 1.82) is 0 Å². The lowest BCUT2D eigenvalue weighted by molar-refractivity contribution is -0.00851. The fourth-order valence-electron chi connectivity index (χ4n) is 2.09. The minimum Gasteiger partial charge on any atom is -0.389 e. The standard InChI is InChI=1S/C15H22O/c1-5-12(3)15(4,16)14(6-2)13-10-8-7-9-11-13/h6-12,14,16H,2,5H2,1,3-4H3. The van der Waals surface area contributed by atoms with Crippen LogP contribution in [0, 0.1) is 5.92 Å². The van der Waals surface area contributed by atoms with Gasteiger partial charge in [-0.2, -0.15) is 0 Å². The molecule has 0 fully saturated rings. The molecule has 16 heavy (non-hydrogen) atoms. The molecule has 0 saturated heterocycles. The summed E-state index contributed by atoms with van der Waals surface area (Å²) in [5, 5.41) is 10.6. The summed E-state index contributed by atoms with van der Waals surface area (Å²) in [6.07, 6.45) is 2.81. The Morgan fingerprint density at radius 3 is 2.38 bits per heavy atom. The van der Waals surface area contributed by atoms with E-state index in [4.69, 9.17) is 0 Å². The minimum absolute atomic E-state index is 0.0105. The van der Waals surface area contributed by atoms with E-state index in [-0.39, 0.29) is 11.8 Å². The topological polar surface area (TPSA) is 20.2 Å². The number of aliphatic hydroxyl groups is 1. The lowest BCUT2D eigenvalue weighted by atomic mass is 9.75. The van der Waals surface area contributed by atoms with Gasteiger partial charge in [0.15, 0.2) is 0 Å². The van der Waals surface area contributed by atoms with E-state index in [9.17, 15) is 5.11 Å². The van der Waals surface area contributed by atoms with Crippen LogP contribution in [-0.2, 0) is 0 Å². The quantitative estimate of drug-likeness (QED) is 0.746.